The number of nitrogens with zero attached hydrogens (tertiary/aromatic N) is 3. The smallest absolute Gasteiger partial charge is 0.130 e. The van der Waals surface area contributed by atoms with Gasteiger partial charge in [0.1, 0.15) is 12.4 Å². The number of aromatic nitrogens is 2. The maximum absolute atomic E-state index is 8.83. The lowest BCUT2D eigenvalue weighted by molar-refractivity contribution is 0.302. The van der Waals surface area contributed by atoms with Gasteiger partial charge in [0.05, 0.1) is 36.8 Å². The minimum atomic E-state index is 0.00184. The summed E-state index contributed by atoms with van der Waals surface area (Å²) in [5.74, 6) is 0.811. The van der Waals surface area contributed by atoms with Crippen LogP contribution in [0.1, 0.15) is 11.3 Å². The number of nitrogens with two attached hydrogens (primary N) is 1. The molecule has 7 heteroatoms. The van der Waals surface area contributed by atoms with Gasteiger partial charge < -0.3 is 20.9 Å². The normalized spacial score (nSPS) is 13.5. The fourth-order valence-corrected chi connectivity index (χ4v) is 3.17. The summed E-state index contributed by atoms with van der Waals surface area (Å²) in [5, 5.41) is 16.8. The molecule has 0 saturated carbocycles. The average Bonchev–Trinajstić information content (AvgIpc) is 3.08. The summed E-state index contributed by atoms with van der Waals surface area (Å²) >= 11 is 0. The topological polar surface area (TPSA) is 97.7 Å². The van der Waals surface area contributed by atoms with Gasteiger partial charge in [0.25, 0.3) is 0 Å². The second kappa shape index (κ2) is 8.62. The van der Waals surface area contributed by atoms with Crippen LogP contribution in [0.25, 0.3) is 11.3 Å². The zero-order valence-corrected chi connectivity index (χ0v) is 16.0. The minimum Gasteiger partial charge on any atom is -0.487 e. The predicted molar refractivity (Wildman–Crippen MR) is 114 cm³/mol. The molecule has 0 bridgehead atoms. The van der Waals surface area contributed by atoms with Crippen molar-refractivity contribution in [1.29, 1.82) is 0 Å². The van der Waals surface area contributed by atoms with Crippen molar-refractivity contribution in [3.63, 3.8) is 0 Å². The summed E-state index contributed by atoms with van der Waals surface area (Å²) in [5.41, 5.74) is 11.3. The molecule has 0 fully saturated rings. The van der Waals surface area contributed by atoms with Crippen molar-refractivity contribution in [3.8, 4) is 17.0 Å². The molecule has 0 spiro atoms. The fourth-order valence-electron chi connectivity index (χ4n) is 3.17. The van der Waals surface area contributed by atoms with E-state index in [2.05, 4.69) is 28.5 Å². The maximum Gasteiger partial charge on any atom is 0.130 e. The van der Waals surface area contributed by atoms with Gasteiger partial charge >= 0.3 is 0 Å². The van der Waals surface area contributed by atoms with Gasteiger partial charge in [0.2, 0.25) is 0 Å². The Bertz CT molecular complexity index is 1040. The minimum absolute atomic E-state index is 0.00184. The molecule has 0 radical (unpaired) electrons. The summed E-state index contributed by atoms with van der Waals surface area (Å²) in [6, 6.07) is 18.2. The van der Waals surface area contributed by atoms with E-state index < -0.39 is 0 Å². The number of nitrogens with one attached hydrogen (secondary N) is 1. The summed E-state index contributed by atoms with van der Waals surface area (Å²) in [7, 11) is 0. The third-order valence-electron chi connectivity index (χ3n) is 4.62. The first kappa shape index (κ1) is 18.8. The van der Waals surface area contributed by atoms with Gasteiger partial charge in [-0.05, 0) is 12.1 Å². The largest absolute Gasteiger partial charge is 0.487 e. The second-order valence-corrected chi connectivity index (χ2v) is 6.66. The molecule has 7 nitrogen and oxygen atoms in total. The molecule has 4 N–H and O–H groups in total. The molecule has 0 saturated heterocycles. The van der Waals surface area contributed by atoms with Crippen LogP contribution in [0.5, 0.6) is 5.75 Å². The van der Waals surface area contributed by atoms with E-state index in [1.165, 1.54) is 6.20 Å². The lowest BCUT2D eigenvalue weighted by Gasteiger charge is -2.11. The Labute approximate surface area is 169 Å². The molecule has 0 amide bonds. The molecule has 1 aliphatic rings. The van der Waals surface area contributed by atoms with E-state index in [-0.39, 0.29) is 6.61 Å². The molecule has 1 aromatic heterocycles. The number of ether oxygens (including phenoxy) is 1. The Morgan fingerprint density at radius 2 is 2.10 bits per heavy atom. The van der Waals surface area contributed by atoms with Gasteiger partial charge in [-0.1, -0.05) is 36.4 Å². The van der Waals surface area contributed by atoms with Crippen LogP contribution in [0, 0.1) is 0 Å². The first-order chi connectivity index (χ1) is 14.3. The molecule has 2 aromatic carbocycles. The van der Waals surface area contributed by atoms with E-state index >= 15 is 0 Å². The van der Waals surface area contributed by atoms with Crippen molar-refractivity contribution >= 4 is 11.9 Å². The number of hydrogen-bond acceptors (Lipinski definition) is 6. The van der Waals surface area contributed by atoms with Gasteiger partial charge in [0.15, 0.2) is 0 Å². The Morgan fingerprint density at radius 1 is 1.24 bits per heavy atom. The van der Waals surface area contributed by atoms with Crippen LogP contribution in [-0.4, -0.2) is 34.3 Å². The summed E-state index contributed by atoms with van der Waals surface area (Å²) in [6.07, 6.45) is 3.04. The SMILES string of the molecule is N/C=C(\C=NCCO)Nc1ccc2c(c1)OCc1cc(-c3ccccc3)nn1C2. The zero-order valence-electron chi connectivity index (χ0n) is 16.0. The predicted octanol–water partition coefficient (Wildman–Crippen LogP) is 2.77. The number of benzene rings is 2. The first-order valence-electron chi connectivity index (χ1n) is 9.44. The van der Waals surface area contributed by atoms with Crippen molar-refractivity contribution in [1.82, 2.24) is 9.78 Å². The lowest BCUT2D eigenvalue weighted by Crippen LogP contribution is -2.05. The van der Waals surface area contributed by atoms with Crippen LogP contribution in [0.3, 0.4) is 0 Å². The van der Waals surface area contributed by atoms with E-state index in [9.17, 15) is 0 Å². The van der Waals surface area contributed by atoms with Crippen LogP contribution in [0.2, 0.25) is 0 Å². The van der Waals surface area contributed by atoms with Crippen molar-refractivity contribution in [2.75, 3.05) is 18.5 Å². The highest BCUT2D eigenvalue weighted by atomic mass is 16.5. The highest BCUT2D eigenvalue weighted by Crippen LogP contribution is 2.30. The van der Waals surface area contributed by atoms with E-state index in [1.807, 2.05) is 41.1 Å². The standard InChI is InChI=1S/C22H23N5O2/c23-12-19(13-24-8-9-28)25-18-7-6-17-14-27-20(15-29-22(17)10-18)11-21(26-27)16-4-2-1-3-5-16/h1-7,10-13,25,28H,8-9,14-15,23H2/b19-12+,24-13?. The third kappa shape index (κ3) is 4.30. The zero-order chi connectivity index (χ0) is 20.1. The van der Waals surface area contributed by atoms with Gasteiger partial charge in [-0.2, -0.15) is 5.10 Å². The number of aliphatic imine (C=N–C) groups is 1. The van der Waals surface area contributed by atoms with Crippen LogP contribution in [0.15, 0.2) is 71.5 Å². The lowest BCUT2D eigenvalue weighted by atomic mass is 10.1. The number of aliphatic hydroxyl groups is 1. The maximum atomic E-state index is 8.83. The molecule has 1 aliphatic heterocycles. The first-order valence-corrected chi connectivity index (χ1v) is 9.44. The number of rotatable bonds is 6. The Morgan fingerprint density at radius 3 is 2.90 bits per heavy atom. The molecular formula is C22H23N5O2. The summed E-state index contributed by atoms with van der Waals surface area (Å²) in [6.45, 7) is 1.44. The van der Waals surface area contributed by atoms with E-state index in [0.29, 0.717) is 25.4 Å². The average molecular weight is 389 g/mol. The number of anilines is 1. The van der Waals surface area contributed by atoms with Crippen molar-refractivity contribution in [2.24, 2.45) is 10.7 Å². The summed E-state index contributed by atoms with van der Waals surface area (Å²) < 4.78 is 8.05. The van der Waals surface area contributed by atoms with Crippen LogP contribution in [0.4, 0.5) is 5.69 Å². The van der Waals surface area contributed by atoms with E-state index in [0.717, 1.165) is 34.0 Å². The second-order valence-electron chi connectivity index (χ2n) is 6.66. The molecule has 3 aromatic rings. The van der Waals surface area contributed by atoms with E-state index in [1.54, 1.807) is 6.21 Å². The molecule has 0 aliphatic carbocycles. The Balaban J connectivity index is 1.53. The van der Waals surface area contributed by atoms with Gasteiger partial charge in [-0.3, -0.25) is 9.67 Å². The highest BCUT2D eigenvalue weighted by molar-refractivity contribution is 5.83. The molecule has 148 valence electrons. The van der Waals surface area contributed by atoms with Gasteiger partial charge in [-0.15, -0.1) is 0 Å². The highest BCUT2D eigenvalue weighted by Gasteiger charge is 2.17. The molecule has 2 heterocycles. The van der Waals surface area contributed by atoms with Crippen molar-refractivity contribution < 1.29 is 9.84 Å². The molecule has 29 heavy (non-hydrogen) atoms. The number of fused-ring (bicyclic) bond motifs is 2. The van der Waals surface area contributed by atoms with Crippen LogP contribution >= 0.6 is 0 Å². The Kier molecular flexibility index (Phi) is 5.58. The quantitative estimate of drug-likeness (QED) is 0.563. The van der Waals surface area contributed by atoms with Gasteiger partial charge in [-0.25, -0.2) is 0 Å². The van der Waals surface area contributed by atoms with Crippen molar-refractivity contribution in [3.05, 3.63) is 77.8 Å². The van der Waals surface area contributed by atoms with Gasteiger partial charge in [0, 0.05) is 35.3 Å². The number of aliphatic hydroxyl groups excluding tert-OH is 1. The van der Waals surface area contributed by atoms with E-state index in [4.69, 9.17) is 20.7 Å². The third-order valence-corrected chi connectivity index (χ3v) is 4.62. The van der Waals surface area contributed by atoms with Crippen molar-refractivity contribution in [2.45, 2.75) is 13.2 Å². The summed E-state index contributed by atoms with van der Waals surface area (Å²) in [4.78, 5) is 4.08. The van der Waals surface area contributed by atoms with Crippen LogP contribution < -0.4 is 15.8 Å². The fraction of sp³-hybridized carbons (Fsp3) is 0.182. The number of hydrogen-bond donors (Lipinski definition) is 3. The molecule has 0 unspecified atom stereocenters. The monoisotopic (exact) mass is 389 g/mol. The molecular weight excluding hydrogens is 366 g/mol. The molecule has 4 rings (SSSR count). The number of allylic oxidation sites excluding steroid dienone is 1. The molecule has 0 atom stereocenters. The van der Waals surface area contributed by atoms with Crippen LogP contribution in [-0.2, 0) is 13.2 Å². The Hall–Kier alpha value is -3.58.